The summed E-state index contributed by atoms with van der Waals surface area (Å²) >= 11 is 5.75. The molecule has 0 unspecified atom stereocenters. The Morgan fingerprint density at radius 2 is 1.68 bits per heavy atom. The average molecular weight is 431 g/mol. The summed E-state index contributed by atoms with van der Waals surface area (Å²) in [5.74, 6) is -4.48. The van der Waals surface area contributed by atoms with Gasteiger partial charge in [-0.05, 0) is 42.8 Å². The van der Waals surface area contributed by atoms with Crippen LogP contribution in [-0.2, 0) is 14.6 Å². The molecule has 0 aliphatic heterocycles. The van der Waals surface area contributed by atoms with Gasteiger partial charge >= 0.3 is 5.76 Å². The first-order chi connectivity index (χ1) is 13.2. The highest BCUT2D eigenvalue weighted by Gasteiger charge is 2.29. The zero-order valence-electron chi connectivity index (χ0n) is 14.5. The molecule has 0 spiro atoms. The predicted octanol–water partition coefficient (Wildman–Crippen LogP) is 3.49. The summed E-state index contributed by atoms with van der Waals surface area (Å²) < 4.78 is 48.8. The fraction of sp³-hybridized carbons (Fsp3) is 0.222. The quantitative estimate of drug-likeness (QED) is 0.627. The number of anilines is 1. The lowest BCUT2D eigenvalue weighted by Gasteiger charge is -2.11. The molecule has 2 rings (SSSR count). The van der Waals surface area contributed by atoms with Gasteiger partial charge < -0.3 is 10.6 Å². The molecule has 0 radical (unpaired) electrons. The Balaban J connectivity index is 1.87. The molecule has 0 aromatic heterocycles. The van der Waals surface area contributed by atoms with Crippen molar-refractivity contribution < 1.29 is 26.8 Å². The Bertz CT molecular complexity index is 950. The number of carbonyl (C=O) groups excluding carboxylic acids is 2. The van der Waals surface area contributed by atoms with Gasteiger partial charge in [0.05, 0.1) is 10.6 Å². The van der Waals surface area contributed by atoms with Crippen molar-refractivity contribution >= 4 is 38.9 Å². The van der Waals surface area contributed by atoms with Crippen LogP contribution in [0.4, 0.5) is 14.5 Å². The van der Waals surface area contributed by atoms with Crippen molar-refractivity contribution in [3.8, 4) is 0 Å². The molecule has 150 valence electrons. The third kappa shape index (κ3) is 5.74. The van der Waals surface area contributed by atoms with E-state index in [9.17, 15) is 26.8 Å². The summed E-state index contributed by atoms with van der Waals surface area (Å²) in [6.45, 7) is 0.200. The molecule has 0 bridgehead atoms. The summed E-state index contributed by atoms with van der Waals surface area (Å²) in [4.78, 5) is 23.3. The summed E-state index contributed by atoms with van der Waals surface area (Å²) in [7, 11) is -4.84. The van der Waals surface area contributed by atoms with Gasteiger partial charge in [0.15, 0.2) is 0 Å². The molecule has 0 saturated carbocycles. The topological polar surface area (TPSA) is 92.3 Å². The van der Waals surface area contributed by atoms with Crippen LogP contribution in [0.2, 0.25) is 5.02 Å². The highest BCUT2D eigenvalue weighted by atomic mass is 35.5. The first-order valence-corrected chi connectivity index (χ1v) is 10.1. The molecular weight excluding hydrogens is 414 g/mol. The number of hydrogen-bond acceptors (Lipinski definition) is 4. The molecule has 0 aliphatic carbocycles. The molecule has 28 heavy (non-hydrogen) atoms. The van der Waals surface area contributed by atoms with Gasteiger partial charge in [-0.15, -0.1) is 0 Å². The number of carbonyl (C=O) groups is 2. The van der Waals surface area contributed by atoms with Crippen LogP contribution < -0.4 is 10.6 Å². The molecule has 2 amide bonds. The maximum atomic E-state index is 12.8. The van der Waals surface area contributed by atoms with Crippen molar-refractivity contribution in [2.45, 2.75) is 23.5 Å². The molecular formula is C18H17ClF2N2O4S. The van der Waals surface area contributed by atoms with Gasteiger partial charge in [-0.2, -0.15) is 8.78 Å². The number of nitrogens with one attached hydrogen (secondary N) is 2. The van der Waals surface area contributed by atoms with Crippen LogP contribution in [0.1, 0.15) is 23.2 Å². The van der Waals surface area contributed by atoms with Gasteiger partial charge in [0.2, 0.25) is 15.7 Å². The fourth-order valence-corrected chi connectivity index (χ4v) is 3.29. The van der Waals surface area contributed by atoms with Gasteiger partial charge in [0.1, 0.15) is 0 Å². The van der Waals surface area contributed by atoms with E-state index in [1.54, 1.807) is 24.3 Å². The SMILES string of the molecule is O=C(CCCNC(=O)c1ccc(Cl)cc1)Nc1ccccc1S(=O)(=O)C(F)F. The van der Waals surface area contributed by atoms with Crippen LogP contribution in [0.3, 0.4) is 0 Å². The molecule has 10 heteroatoms. The molecule has 2 aromatic rings. The smallest absolute Gasteiger partial charge is 0.341 e. The minimum absolute atomic E-state index is 0.0377. The van der Waals surface area contributed by atoms with Crippen molar-refractivity contribution in [3.63, 3.8) is 0 Å². The van der Waals surface area contributed by atoms with Crippen molar-refractivity contribution in [2.75, 3.05) is 11.9 Å². The largest absolute Gasteiger partial charge is 0.352 e. The highest BCUT2D eigenvalue weighted by Crippen LogP contribution is 2.26. The molecule has 0 atom stereocenters. The lowest BCUT2D eigenvalue weighted by atomic mass is 10.2. The average Bonchev–Trinajstić information content (AvgIpc) is 2.65. The first-order valence-electron chi connectivity index (χ1n) is 8.16. The van der Waals surface area contributed by atoms with Crippen LogP contribution in [0.5, 0.6) is 0 Å². The van der Waals surface area contributed by atoms with Gasteiger partial charge in [0.25, 0.3) is 5.91 Å². The van der Waals surface area contributed by atoms with Gasteiger partial charge in [-0.25, -0.2) is 8.42 Å². The third-order valence-electron chi connectivity index (χ3n) is 3.67. The van der Waals surface area contributed by atoms with E-state index in [2.05, 4.69) is 10.6 Å². The van der Waals surface area contributed by atoms with E-state index in [1.807, 2.05) is 0 Å². The van der Waals surface area contributed by atoms with Crippen molar-refractivity contribution in [1.82, 2.24) is 5.32 Å². The summed E-state index contributed by atoms with van der Waals surface area (Å²) in [6, 6.07) is 11.2. The highest BCUT2D eigenvalue weighted by molar-refractivity contribution is 7.91. The predicted molar refractivity (Wildman–Crippen MR) is 101 cm³/mol. The number of benzene rings is 2. The normalized spacial score (nSPS) is 11.3. The Morgan fingerprint density at radius 3 is 2.32 bits per heavy atom. The van der Waals surface area contributed by atoms with Crippen molar-refractivity contribution in [2.24, 2.45) is 0 Å². The summed E-state index contributed by atoms with van der Waals surface area (Å²) in [5, 5.41) is 5.45. The monoisotopic (exact) mass is 430 g/mol. The van der Waals surface area contributed by atoms with E-state index < -0.39 is 26.4 Å². The first kappa shape index (κ1) is 21.8. The number of amides is 2. The molecule has 0 heterocycles. The van der Waals surface area contributed by atoms with Gasteiger partial charge in [-0.3, -0.25) is 9.59 Å². The molecule has 0 saturated heterocycles. The second kappa shape index (κ2) is 9.61. The van der Waals surface area contributed by atoms with E-state index >= 15 is 0 Å². The second-order valence-corrected chi connectivity index (χ2v) is 8.04. The van der Waals surface area contributed by atoms with E-state index in [1.165, 1.54) is 18.2 Å². The Morgan fingerprint density at radius 1 is 1.04 bits per heavy atom. The minimum Gasteiger partial charge on any atom is -0.352 e. The van der Waals surface area contributed by atoms with E-state index in [0.717, 1.165) is 6.07 Å². The maximum absolute atomic E-state index is 12.8. The van der Waals surface area contributed by atoms with Crippen LogP contribution in [0.15, 0.2) is 53.4 Å². The standard InChI is InChI=1S/C18H17ClF2N2O4S/c19-13-9-7-12(8-10-13)17(25)22-11-3-6-16(24)23-14-4-1-2-5-15(14)28(26,27)18(20)21/h1-2,4-5,7-10,18H,3,6,11H2,(H,22,25)(H,23,24). The third-order valence-corrected chi connectivity index (χ3v) is 5.36. The fourth-order valence-electron chi connectivity index (χ4n) is 2.28. The second-order valence-electron chi connectivity index (χ2n) is 5.72. The minimum atomic E-state index is -4.84. The molecule has 6 nitrogen and oxygen atoms in total. The Hall–Kier alpha value is -2.52. The van der Waals surface area contributed by atoms with Crippen molar-refractivity contribution in [1.29, 1.82) is 0 Å². The lowest BCUT2D eigenvalue weighted by molar-refractivity contribution is -0.116. The molecule has 0 aliphatic rings. The number of rotatable bonds is 8. The lowest BCUT2D eigenvalue weighted by Crippen LogP contribution is -2.25. The van der Waals surface area contributed by atoms with Crippen molar-refractivity contribution in [3.05, 3.63) is 59.1 Å². The number of sulfone groups is 1. The van der Waals surface area contributed by atoms with E-state index in [-0.39, 0.29) is 31.0 Å². The number of para-hydroxylation sites is 1. The van der Waals surface area contributed by atoms with E-state index in [4.69, 9.17) is 11.6 Å². The van der Waals surface area contributed by atoms with Crippen LogP contribution in [0.25, 0.3) is 0 Å². The number of alkyl halides is 2. The van der Waals surface area contributed by atoms with Gasteiger partial charge in [-0.1, -0.05) is 23.7 Å². The van der Waals surface area contributed by atoms with Gasteiger partial charge in [0, 0.05) is 23.6 Å². The Kier molecular flexibility index (Phi) is 7.47. The summed E-state index contributed by atoms with van der Waals surface area (Å²) in [6.07, 6.45) is 0.235. The number of hydrogen-bond donors (Lipinski definition) is 2. The van der Waals surface area contributed by atoms with Crippen LogP contribution in [-0.4, -0.2) is 32.5 Å². The Labute approximate surface area is 165 Å². The molecule has 0 fully saturated rings. The zero-order chi connectivity index (χ0) is 20.7. The zero-order valence-corrected chi connectivity index (χ0v) is 16.1. The molecule has 2 aromatic carbocycles. The number of halogens is 3. The maximum Gasteiger partial charge on any atom is 0.341 e. The van der Waals surface area contributed by atoms with Crippen LogP contribution >= 0.6 is 11.6 Å². The molecule has 2 N–H and O–H groups in total. The van der Waals surface area contributed by atoms with Crippen LogP contribution in [0, 0.1) is 0 Å². The van der Waals surface area contributed by atoms with E-state index in [0.29, 0.717) is 10.6 Å². The summed E-state index contributed by atoms with van der Waals surface area (Å²) in [5.41, 5.74) is 0.206.